The van der Waals surface area contributed by atoms with E-state index in [0.29, 0.717) is 0 Å². The molecule has 0 amide bonds. The first-order valence-electron chi connectivity index (χ1n) is 5.84. The summed E-state index contributed by atoms with van der Waals surface area (Å²) in [7, 11) is 0. The summed E-state index contributed by atoms with van der Waals surface area (Å²) in [6.07, 6.45) is 7.64. The number of nitrogens with one attached hydrogen (secondary N) is 1. The lowest BCUT2D eigenvalue weighted by Crippen LogP contribution is -2.48. The lowest BCUT2D eigenvalue weighted by Gasteiger charge is -2.41. The molecule has 1 aromatic rings. The molecule has 2 heterocycles. The summed E-state index contributed by atoms with van der Waals surface area (Å²) >= 11 is 3.45. The van der Waals surface area contributed by atoms with Gasteiger partial charge in [0.15, 0.2) is 4.67 Å². The fourth-order valence-electron chi connectivity index (χ4n) is 3.10. The zero-order valence-corrected chi connectivity index (χ0v) is 10.4. The van der Waals surface area contributed by atoms with E-state index < -0.39 is 0 Å². The molecule has 1 aliphatic carbocycles. The van der Waals surface area contributed by atoms with Crippen LogP contribution in [0.25, 0.3) is 0 Å². The molecule has 0 unspecified atom stereocenters. The molecule has 0 bridgehead atoms. The predicted octanol–water partition coefficient (Wildman–Crippen LogP) is 3.35. The smallest absolute Gasteiger partial charge is 0.169 e. The molecule has 2 nitrogen and oxygen atoms in total. The maximum Gasteiger partial charge on any atom is 0.169 e. The van der Waals surface area contributed by atoms with Crippen LogP contribution in [0.5, 0.6) is 0 Å². The van der Waals surface area contributed by atoms with Crippen LogP contribution in [0, 0.1) is 0 Å². The highest BCUT2D eigenvalue weighted by molar-refractivity contribution is 9.10. The van der Waals surface area contributed by atoms with Crippen LogP contribution < -0.4 is 5.32 Å². The van der Waals surface area contributed by atoms with E-state index in [4.69, 9.17) is 4.42 Å². The Balaban J connectivity index is 2.03. The number of furan rings is 1. The molecule has 82 valence electrons. The number of hydrogen-bond donors (Lipinski definition) is 1. The third kappa shape index (κ3) is 1.56. The summed E-state index contributed by atoms with van der Waals surface area (Å²) in [5, 5.41) is 3.72. The van der Waals surface area contributed by atoms with Gasteiger partial charge in [0.25, 0.3) is 0 Å². The van der Waals surface area contributed by atoms with Gasteiger partial charge in [-0.2, -0.15) is 0 Å². The van der Waals surface area contributed by atoms with Gasteiger partial charge in [0.05, 0.1) is 0 Å². The van der Waals surface area contributed by atoms with Crippen molar-refractivity contribution in [3.63, 3.8) is 0 Å². The standard InChI is InChI=1S/C12H16BrNO/c13-11-8-9-10(15-11)4-7-14-12(9)5-2-1-3-6-12/h8,14H,1-7H2. The van der Waals surface area contributed by atoms with Crippen LogP contribution in [-0.2, 0) is 12.0 Å². The largest absolute Gasteiger partial charge is 0.454 e. The van der Waals surface area contributed by atoms with Crippen molar-refractivity contribution in [2.24, 2.45) is 0 Å². The topological polar surface area (TPSA) is 25.2 Å². The van der Waals surface area contributed by atoms with E-state index in [2.05, 4.69) is 27.3 Å². The molecular weight excluding hydrogens is 254 g/mol. The molecule has 2 aliphatic rings. The van der Waals surface area contributed by atoms with Crippen molar-refractivity contribution >= 4 is 15.9 Å². The van der Waals surface area contributed by atoms with Gasteiger partial charge in [0.2, 0.25) is 0 Å². The fraction of sp³-hybridized carbons (Fsp3) is 0.667. The Morgan fingerprint density at radius 3 is 2.87 bits per heavy atom. The highest BCUT2D eigenvalue weighted by atomic mass is 79.9. The normalized spacial score (nSPS) is 24.1. The molecule has 1 aliphatic heterocycles. The van der Waals surface area contributed by atoms with Crippen molar-refractivity contribution in [1.82, 2.24) is 5.32 Å². The Bertz CT molecular complexity index is 366. The van der Waals surface area contributed by atoms with Crippen LogP contribution in [-0.4, -0.2) is 6.54 Å². The zero-order valence-electron chi connectivity index (χ0n) is 8.81. The van der Waals surface area contributed by atoms with Gasteiger partial charge in [0, 0.05) is 24.1 Å². The van der Waals surface area contributed by atoms with Gasteiger partial charge in [-0.1, -0.05) is 19.3 Å². The fourth-order valence-corrected chi connectivity index (χ4v) is 3.52. The van der Waals surface area contributed by atoms with Crippen LogP contribution >= 0.6 is 15.9 Å². The Labute approximate surface area is 98.6 Å². The second-order valence-corrected chi connectivity index (χ2v) is 5.49. The average Bonchev–Trinajstić information content (AvgIpc) is 2.62. The lowest BCUT2D eigenvalue weighted by atomic mass is 9.75. The molecule has 0 radical (unpaired) electrons. The molecule has 1 saturated carbocycles. The SMILES string of the molecule is Brc1cc2c(o1)CCNC21CCCCC1. The summed E-state index contributed by atoms with van der Waals surface area (Å²) in [5.41, 5.74) is 1.65. The lowest BCUT2D eigenvalue weighted by molar-refractivity contribution is 0.215. The van der Waals surface area contributed by atoms with Gasteiger partial charge in [0.1, 0.15) is 5.76 Å². The van der Waals surface area contributed by atoms with Crippen molar-refractivity contribution in [1.29, 1.82) is 0 Å². The van der Waals surface area contributed by atoms with E-state index in [0.717, 1.165) is 17.6 Å². The van der Waals surface area contributed by atoms with Crippen LogP contribution in [0.15, 0.2) is 15.2 Å². The number of hydrogen-bond acceptors (Lipinski definition) is 2. The summed E-state index contributed by atoms with van der Waals surface area (Å²) in [6, 6.07) is 2.17. The molecule has 1 spiro atoms. The molecule has 1 fully saturated rings. The maximum atomic E-state index is 5.71. The van der Waals surface area contributed by atoms with Gasteiger partial charge in [-0.15, -0.1) is 0 Å². The second-order valence-electron chi connectivity index (χ2n) is 4.71. The summed E-state index contributed by atoms with van der Waals surface area (Å²) in [5.74, 6) is 1.20. The number of halogens is 1. The highest BCUT2D eigenvalue weighted by Gasteiger charge is 2.39. The van der Waals surface area contributed by atoms with Gasteiger partial charge in [-0.3, -0.25) is 0 Å². The van der Waals surface area contributed by atoms with Gasteiger partial charge < -0.3 is 9.73 Å². The first-order valence-corrected chi connectivity index (χ1v) is 6.63. The minimum atomic E-state index is 0.237. The van der Waals surface area contributed by atoms with Crippen LogP contribution in [0.1, 0.15) is 43.4 Å². The molecule has 0 aromatic carbocycles. The van der Waals surface area contributed by atoms with E-state index >= 15 is 0 Å². The molecule has 1 aromatic heterocycles. The first kappa shape index (κ1) is 9.91. The van der Waals surface area contributed by atoms with Crippen molar-refractivity contribution in [2.75, 3.05) is 6.54 Å². The minimum absolute atomic E-state index is 0.237. The van der Waals surface area contributed by atoms with Crippen molar-refractivity contribution in [3.05, 3.63) is 22.1 Å². The summed E-state index contributed by atoms with van der Waals surface area (Å²) < 4.78 is 6.60. The molecule has 3 rings (SSSR count). The zero-order chi connectivity index (χ0) is 10.3. The van der Waals surface area contributed by atoms with E-state index in [-0.39, 0.29) is 5.54 Å². The predicted molar refractivity (Wildman–Crippen MR) is 62.9 cm³/mol. The third-order valence-corrected chi connectivity index (χ3v) is 4.21. The van der Waals surface area contributed by atoms with E-state index in [9.17, 15) is 0 Å². The molecule has 0 saturated heterocycles. The second kappa shape index (κ2) is 3.63. The summed E-state index contributed by atoms with van der Waals surface area (Å²) in [4.78, 5) is 0. The highest BCUT2D eigenvalue weighted by Crippen LogP contribution is 2.42. The van der Waals surface area contributed by atoms with Crippen molar-refractivity contribution in [2.45, 2.75) is 44.1 Å². The molecule has 3 heteroatoms. The Kier molecular flexibility index (Phi) is 2.40. The third-order valence-electron chi connectivity index (χ3n) is 3.82. The Hall–Kier alpha value is -0.280. The number of rotatable bonds is 0. The van der Waals surface area contributed by atoms with Gasteiger partial charge in [-0.05, 0) is 34.8 Å². The van der Waals surface area contributed by atoms with E-state index in [1.807, 2.05) is 0 Å². The van der Waals surface area contributed by atoms with Gasteiger partial charge in [-0.25, -0.2) is 0 Å². The van der Waals surface area contributed by atoms with Crippen molar-refractivity contribution < 1.29 is 4.42 Å². The first-order chi connectivity index (χ1) is 7.30. The monoisotopic (exact) mass is 269 g/mol. The quantitative estimate of drug-likeness (QED) is 0.782. The van der Waals surface area contributed by atoms with Crippen LogP contribution in [0.3, 0.4) is 0 Å². The van der Waals surface area contributed by atoms with Gasteiger partial charge >= 0.3 is 0 Å². The van der Waals surface area contributed by atoms with Crippen LogP contribution in [0.2, 0.25) is 0 Å². The maximum absolute atomic E-state index is 5.71. The minimum Gasteiger partial charge on any atom is -0.454 e. The number of fused-ring (bicyclic) bond motifs is 2. The van der Waals surface area contributed by atoms with Crippen molar-refractivity contribution in [3.8, 4) is 0 Å². The van der Waals surface area contributed by atoms with E-state index in [1.54, 1.807) is 0 Å². The average molecular weight is 270 g/mol. The Morgan fingerprint density at radius 2 is 2.07 bits per heavy atom. The summed E-state index contributed by atoms with van der Waals surface area (Å²) in [6.45, 7) is 1.06. The molecule has 15 heavy (non-hydrogen) atoms. The molecular formula is C12H16BrNO. The van der Waals surface area contributed by atoms with E-state index in [1.165, 1.54) is 43.4 Å². The van der Waals surface area contributed by atoms with Crippen LogP contribution in [0.4, 0.5) is 0 Å². The molecule has 1 N–H and O–H groups in total. The Morgan fingerprint density at radius 1 is 1.27 bits per heavy atom. The molecule has 0 atom stereocenters.